The van der Waals surface area contributed by atoms with Gasteiger partial charge < -0.3 is 14.4 Å². The molecule has 1 aromatic rings. The van der Waals surface area contributed by atoms with E-state index in [1.165, 1.54) is 16.8 Å². The lowest BCUT2D eigenvalue weighted by molar-refractivity contribution is 0.0236. The average Bonchev–Trinajstić information content (AvgIpc) is 2.78. The van der Waals surface area contributed by atoms with Crippen molar-refractivity contribution in [2.45, 2.75) is 43.4 Å². The smallest absolute Gasteiger partial charge is 0.352 e. The van der Waals surface area contributed by atoms with Crippen LogP contribution >= 0.6 is 0 Å². The van der Waals surface area contributed by atoms with E-state index in [-0.39, 0.29) is 22.7 Å². The first-order valence-corrected chi connectivity index (χ1v) is 7.84. The van der Waals surface area contributed by atoms with Gasteiger partial charge in [0.05, 0.1) is 6.10 Å². The molecule has 1 heterocycles. The van der Waals surface area contributed by atoms with E-state index in [0.29, 0.717) is 19.4 Å². The second kappa shape index (κ2) is 5.55. The van der Waals surface area contributed by atoms with Gasteiger partial charge in [0.1, 0.15) is 10.6 Å². The van der Waals surface area contributed by atoms with Crippen molar-refractivity contribution in [1.82, 2.24) is 9.29 Å². The van der Waals surface area contributed by atoms with Crippen molar-refractivity contribution in [3.05, 3.63) is 18.0 Å². The van der Waals surface area contributed by atoms with Crippen molar-refractivity contribution < 1.29 is 23.1 Å². The number of carbonyl (C=O) groups is 1. The molecule has 1 aliphatic carbocycles. The molecule has 2 rings (SSSR count). The lowest BCUT2D eigenvalue weighted by atomic mass is 9.90. The largest absolute Gasteiger partial charge is 0.477 e. The zero-order valence-corrected chi connectivity index (χ0v) is 12.2. The lowest BCUT2D eigenvalue weighted by Crippen LogP contribution is -2.47. The maximum Gasteiger partial charge on any atom is 0.352 e. The zero-order chi connectivity index (χ0) is 14.9. The van der Waals surface area contributed by atoms with Crippen LogP contribution in [0.3, 0.4) is 0 Å². The van der Waals surface area contributed by atoms with Gasteiger partial charge in [-0.2, -0.15) is 0 Å². The van der Waals surface area contributed by atoms with Gasteiger partial charge in [0, 0.05) is 25.9 Å². The summed E-state index contributed by atoms with van der Waals surface area (Å²) in [5.74, 6) is -1.14. The molecule has 0 aliphatic heterocycles. The first kappa shape index (κ1) is 15.0. The van der Waals surface area contributed by atoms with Gasteiger partial charge in [0.15, 0.2) is 0 Å². The van der Waals surface area contributed by atoms with Crippen LogP contribution in [0.1, 0.15) is 30.3 Å². The van der Waals surface area contributed by atoms with Crippen LogP contribution in [0, 0.1) is 0 Å². The van der Waals surface area contributed by atoms with Gasteiger partial charge in [-0.05, 0) is 25.8 Å². The molecule has 1 saturated carbocycles. The predicted octanol–water partition coefficient (Wildman–Crippen LogP) is 0.662. The third-order valence-corrected chi connectivity index (χ3v) is 4.98. The highest BCUT2D eigenvalue weighted by Crippen LogP contribution is 2.25. The Kier molecular flexibility index (Phi) is 4.17. The molecule has 0 unspecified atom stereocenters. The number of nitrogens with one attached hydrogen (secondary N) is 1. The molecule has 0 bridgehead atoms. The van der Waals surface area contributed by atoms with Crippen molar-refractivity contribution in [2.24, 2.45) is 0 Å². The fraction of sp³-hybridized carbons (Fsp3) is 0.583. The summed E-state index contributed by atoms with van der Waals surface area (Å²) < 4.78 is 33.4. The minimum absolute atomic E-state index is 0.0161. The van der Waals surface area contributed by atoms with Gasteiger partial charge in [-0.15, -0.1) is 0 Å². The van der Waals surface area contributed by atoms with Crippen LogP contribution in [-0.4, -0.2) is 43.3 Å². The van der Waals surface area contributed by atoms with Crippen molar-refractivity contribution in [3.8, 4) is 0 Å². The molecule has 0 radical (unpaired) electrons. The molecule has 0 aromatic carbocycles. The molecule has 1 aromatic heterocycles. The van der Waals surface area contributed by atoms with Gasteiger partial charge in [0.2, 0.25) is 10.0 Å². The van der Waals surface area contributed by atoms with Crippen LogP contribution in [0.25, 0.3) is 0 Å². The number of ether oxygens (including phenoxy) is 1. The molecule has 0 amide bonds. The lowest BCUT2D eigenvalue weighted by Gasteiger charge is -2.34. The van der Waals surface area contributed by atoms with Gasteiger partial charge in [-0.25, -0.2) is 17.9 Å². The average molecular weight is 302 g/mol. The molecular formula is C12H18N2O5S. The maximum atomic E-state index is 12.2. The van der Waals surface area contributed by atoms with Crippen LogP contribution < -0.4 is 4.72 Å². The van der Waals surface area contributed by atoms with Crippen LogP contribution in [0.15, 0.2) is 17.2 Å². The molecule has 0 atom stereocenters. The van der Waals surface area contributed by atoms with Crippen molar-refractivity contribution in [1.29, 1.82) is 0 Å². The Labute approximate surface area is 117 Å². The van der Waals surface area contributed by atoms with Crippen LogP contribution in [0.2, 0.25) is 0 Å². The van der Waals surface area contributed by atoms with E-state index in [0.717, 1.165) is 0 Å². The summed E-state index contributed by atoms with van der Waals surface area (Å²) in [6, 6.07) is 1.03. The van der Waals surface area contributed by atoms with Crippen molar-refractivity contribution >= 4 is 16.0 Å². The summed E-state index contributed by atoms with van der Waals surface area (Å²) in [5.41, 5.74) is -0.0312. The molecular weight excluding hydrogens is 284 g/mol. The van der Waals surface area contributed by atoms with E-state index >= 15 is 0 Å². The number of methoxy groups -OCH3 is 1. The zero-order valence-electron chi connectivity index (χ0n) is 11.4. The molecule has 112 valence electrons. The second-order valence-corrected chi connectivity index (χ2v) is 6.51. The summed E-state index contributed by atoms with van der Waals surface area (Å²) in [5, 5.41) is 9.03. The van der Waals surface area contributed by atoms with E-state index in [1.807, 2.05) is 0 Å². The number of carboxylic acids is 1. The topological polar surface area (TPSA) is 97.6 Å². The Morgan fingerprint density at radius 3 is 2.65 bits per heavy atom. The number of sulfonamides is 1. The minimum Gasteiger partial charge on any atom is -0.477 e. The number of nitrogens with zero attached hydrogens (tertiary/aromatic N) is 1. The summed E-state index contributed by atoms with van der Waals surface area (Å²) in [7, 11) is -2.09. The number of rotatable bonds is 6. The highest BCUT2D eigenvalue weighted by atomic mass is 32.2. The Bertz CT molecular complexity index is 601. The number of aryl methyl sites for hydroxylation is 1. The third kappa shape index (κ3) is 2.87. The molecule has 2 N–H and O–H groups in total. The Morgan fingerprint density at radius 2 is 2.20 bits per heavy atom. The van der Waals surface area contributed by atoms with E-state index < -0.39 is 16.0 Å². The highest BCUT2D eigenvalue weighted by molar-refractivity contribution is 7.89. The second-order valence-electron chi connectivity index (χ2n) is 4.80. The molecule has 1 fully saturated rings. The number of aromatic carboxylic acids is 1. The third-order valence-electron chi connectivity index (χ3n) is 3.49. The van der Waals surface area contributed by atoms with Gasteiger partial charge in [0.25, 0.3) is 0 Å². The molecule has 8 heteroatoms. The summed E-state index contributed by atoms with van der Waals surface area (Å²) >= 11 is 0. The van der Waals surface area contributed by atoms with Crippen molar-refractivity contribution in [2.75, 3.05) is 7.11 Å². The number of carboxylic acid groups (broad SMARTS) is 1. The number of hydrogen-bond donors (Lipinski definition) is 2. The molecule has 20 heavy (non-hydrogen) atoms. The monoisotopic (exact) mass is 302 g/mol. The Morgan fingerprint density at radius 1 is 1.55 bits per heavy atom. The standard InChI is InChI=1S/C12H18N2O5S/c1-3-14-7-10(6-11(14)12(15)16)20(17,18)13-8-4-9(5-8)19-2/h6-9,13H,3-5H2,1-2H3,(H,15,16). The molecule has 0 spiro atoms. The highest BCUT2D eigenvalue weighted by Gasteiger charge is 2.33. The summed E-state index contributed by atoms with van der Waals surface area (Å²) in [6.07, 6.45) is 2.71. The Balaban J connectivity index is 2.16. The summed E-state index contributed by atoms with van der Waals surface area (Å²) in [6.45, 7) is 2.15. The van der Waals surface area contributed by atoms with Gasteiger partial charge >= 0.3 is 5.97 Å². The van der Waals surface area contributed by atoms with E-state index in [4.69, 9.17) is 9.84 Å². The van der Waals surface area contributed by atoms with Gasteiger partial charge in [-0.3, -0.25) is 0 Å². The van der Waals surface area contributed by atoms with Crippen LogP contribution in [-0.2, 0) is 21.3 Å². The fourth-order valence-electron chi connectivity index (χ4n) is 2.21. The fourth-order valence-corrected chi connectivity index (χ4v) is 3.51. The predicted molar refractivity (Wildman–Crippen MR) is 71.2 cm³/mol. The summed E-state index contributed by atoms with van der Waals surface area (Å²) in [4.78, 5) is 11.0. The van der Waals surface area contributed by atoms with Crippen molar-refractivity contribution in [3.63, 3.8) is 0 Å². The quantitative estimate of drug-likeness (QED) is 0.804. The minimum atomic E-state index is -3.69. The first-order chi connectivity index (χ1) is 9.37. The van der Waals surface area contributed by atoms with E-state index in [9.17, 15) is 13.2 Å². The number of hydrogen-bond acceptors (Lipinski definition) is 4. The number of aromatic nitrogens is 1. The first-order valence-electron chi connectivity index (χ1n) is 6.36. The van der Waals surface area contributed by atoms with Gasteiger partial charge in [-0.1, -0.05) is 0 Å². The molecule has 1 aliphatic rings. The normalized spacial score (nSPS) is 22.5. The molecule has 0 saturated heterocycles. The van der Waals surface area contributed by atoms with E-state index in [1.54, 1.807) is 14.0 Å². The van der Waals surface area contributed by atoms with E-state index in [2.05, 4.69) is 4.72 Å². The molecule has 7 nitrogen and oxygen atoms in total. The van der Waals surface area contributed by atoms with Crippen LogP contribution in [0.4, 0.5) is 0 Å². The Hall–Kier alpha value is -1.38. The SMILES string of the molecule is CCn1cc(S(=O)(=O)NC2CC(OC)C2)cc1C(=O)O. The maximum absolute atomic E-state index is 12.2. The van der Waals surface area contributed by atoms with Crippen LogP contribution in [0.5, 0.6) is 0 Å².